The van der Waals surface area contributed by atoms with Crippen molar-refractivity contribution in [2.75, 3.05) is 10.6 Å². The Kier molecular flexibility index (Phi) is 5.60. The van der Waals surface area contributed by atoms with Crippen molar-refractivity contribution < 1.29 is 27.1 Å². The number of nitro benzene ring substituents is 1. The molecule has 1 atom stereocenters. The van der Waals surface area contributed by atoms with Crippen LogP contribution in [0.2, 0.25) is 0 Å². The molecule has 7 nitrogen and oxygen atoms in total. The van der Waals surface area contributed by atoms with E-state index in [-0.39, 0.29) is 11.6 Å². The number of halogens is 3. The van der Waals surface area contributed by atoms with Crippen molar-refractivity contribution in [1.29, 1.82) is 0 Å². The maximum atomic E-state index is 12.5. The van der Waals surface area contributed by atoms with Gasteiger partial charge >= 0.3 is 5.51 Å². The smallest absolute Gasteiger partial charge is 0.350 e. The first-order valence-electron chi connectivity index (χ1n) is 6.99. The van der Waals surface area contributed by atoms with Crippen molar-refractivity contribution in [3.05, 3.63) is 52.6 Å². The average molecular weight is 387 g/mol. The van der Waals surface area contributed by atoms with Gasteiger partial charge in [0.2, 0.25) is 5.91 Å². The highest BCUT2D eigenvalue weighted by Crippen LogP contribution is 2.33. The average Bonchev–Trinajstić information content (AvgIpc) is 2.55. The van der Waals surface area contributed by atoms with Gasteiger partial charge in [0, 0.05) is 24.4 Å². The molecular weight excluding hydrogens is 375 g/mol. The van der Waals surface area contributed by atoms with E-state index in [4.69, 9.17) is 0 Å². The molecule has 0 spiro atoms. The lowest BCUT2D eigenvalue weighted by Crippen LogP contribution is -2.16. The largest absolute Gasteiger partial charge is 0.475 e. The van der Waals surface area contributed by atoms with Crippen LogP contribution in [-0.2, 0) is 15.6 Å². The summed E-state index contributed by atoms with van der Waals surface area (Å²) in [6, 6.07) is 8.72. The van der Waals surface area contributed by atoms with Crippen molar-refractivity contribution in [1.82, 2.24) is 0 Å². The summed E-state index contributed by atoms with van der Waals surface area (Å²) in [5.41, 5.74) is -4.81. The van der Waals surface area contributed by atoms with E-state index in [1.54, 1.807) is 12.1 Å². The van der Waals surface area contributed by atoms with Crippen LogP contribution in [0.5, 0.6) is 0 Å². The second kappa shape index (κ2) is 7.52. The topological polar surface area (TPSA) is 101 Å². The van der Waals surface area contributed by atoms with Crippen molar-refractivity contribution in [3.8, 4) is 0 Å². The van der Waals surface area contributed by atoms with Gasteiger partial charge in [0.05, 0.1) is 9.82 Å². The van der Waals surface area contributed by atoms with Crippen LogP contribution >= 0.6 is 0 Å². The summed E-state index contributed by atoms with van der Waals surface area (Å²) in [6.07, 6.45) is 0. The number of carbonyl (C=O) groups excluding carboxylic acids is 1. The summed E-state index contributed by atoms with van der Waals surface area (Å²) in [5.74, 6) is -0.269. The number of nitrogens with one attached hydrogen (secondary N) is 2. The molecule has 11 heteroatoms. The number of benzene rings is 2. The van der Waals surface area contributed by atoms with Gasteiger partial charge in [-0.3, -0.25) is 14.9 Å². The molecule has 1 amide bonds. The zero-order valence-corrected chi connectivity index (χ0v) is 14.0. The van der Waals surface area contributed by atoms with E-state index in [0.717, 1.165) is 12.1 Å². The molecule has 0 saturated carbocycles. The van der Waals surface area contributed by atoms with E-state index < -0.39 is 31.8 Å². The van der Waals surface area contributed by atoms with Gasteiger partial charge in [-0.05, 0) is 36.4 Å². The number of hydrogen-bond donors (Lipinski definition) is 2. The van der Waals surface area contributed by atoms with Gasteiger partial charge in [0.1, 0.15) is 5.69 Å². The SMILES string of the molecule is CC(=O)Nc1ccc(Nc2ccc(S(=O)C(F)(F)F)cc2[N+](=O)[O-])cc1. The Morgan fingerprint density at radius 1 is 1.12 bits per heavy atom. The number of amides is 1. The van der Waals surface area contributed by atoms with Crippen LogP contribution in [0, 0.1) is 10.1 Å². The summed E-state index contributed by atoms with van der Waals surface area (Å²) in [7, 11) is -3.36. The molecule has 0 aliphatic heterocycles. The molecule has 0 aliphatic carbocycles. The minimum absolute atomic E-state index is 0.0646. The minimum Gasteiger partial charge on any atom is -0.350 e. The predicted octanol–water partition coefficient (Wildman–Crippen LogP) is 3.92. The second-order valence-electron chi connectivity index (χ2n) is 5.03. The first kappa shape index (κ1) is 19.4. The van der Waals surface area contributed by atoms with Crippen LogP contribution in [0.4, 0.5) is 35.9 Å². The Hall–Kier alpha value is -2.95. The predicted molar refractivity (Wildman–Crippen MR) is 89.6 cm³/mol. The molecule has 2 aromatic carbocycles. The van der Waals surface area contributed by atoms with Crippen LogP contribution in [0.1, 0.15) is 6.92 Å². The Labute approximate surface area is 147 Å². The highest BCUT2D eigenvalue weighted by Gasteiger charge is 2.38. The van der Waals surface area contributed by atoms with Gasteiger partial charge in [-0.15, -0.1) is 0 Å². The second-order valence-corrected chi connectivity index (χ2v) is 6.51. The van der Waals surface area contributed by atoms with E-state index in [9.17, 15) is 32.3 Å². The van der Waals surface area contributed by atoms with Crippen LogP contribution in [0.25, 0.3) is 0 Å². The van der Waals surface area contributed by atoms with Gasteiger partial charge in [0.25, 0.3) is 5.69 Å². The Balaban J connectivity index is 2.30. The lowest BCUT2D eigenvalue weighted by atomic mass is 10.2. The number of carbonyl (C=O) groups is 1. The van der Waals surface area contributed by atoms with Gasteiger partial charge < -0.3 is 10.6 Å². The normalized spacial score (nSPS) is 12.3. The molecule has 0 heterocycles. The van der Waals surface area contributed by atoms with Crippen LogP contribution in [0.15, 0.2) is 47.4 Å². The van der Waals surface area contributed by atoms with Gasteiger partial charge in [-0.25, -0.2) is 4.21 Å². The molecule has 26 heavy (non-hydrogen) atoms. The molecule has 0 aliphatic rings. The van der Waals surface area contributed by atoms with Crippen molar-refractivity contribution >= 4 is 39.5 Å². The first-order chi connectivity index (χ1) is 12.1. The third kappa shape index (κ3) is 4.79. The van der Waals surface area contributed by atoms with Crippen LogP contribution in [-0.4, -0.2) is 20.5 Å². The summed E-state index contributed by atoms with van der Waals surface area (Å²) in [5, 5.41) is 16.4. The quantitative estimate of drug-likeness (QED) is 0.598. The molecule has 2 aromatic rings. The minimum atomic E-state index is -5.01. The van der Waals surface area contributed by atoms with E-state index in [1.165, 1.54) is 19.1 Å². The third-order valence-corrected chi connectivity index (χ3v) is 4.18. The maximum Gasteiger partial charge on any atom is 0.475 e. The summed E-state index contributed by atoms with van der Waals surface area (Å²) >= 11 is 0. The molecular formula is C15H12F3N3O4S. The van der Waals surface area contributed by atoms with E-state index in [2.05, 4.69) is 10.6 Å². The number of nitro groups is 1. The van der Waals surface area contributed by atoms with Crippen molar-refractivity contribution in [3.63, 3.8) is 0 Å². The lowest BCUT2D eigenvalue weighted by Gasteiger charge is -2.10. The van der Waals surface area contributed by atoms with E-state index >= 15 is 0 Å². The zero-order chi connectivity index (χ0) is 19.5. The number of rotatable bonds is 5. The van der Waals surface area contributed by atoms with Crippen molar-refractivity contribution in [2.45, 2.75) is 17.3 Å². The fourth-order valence-corrected chi connectivity index (χ4v) is 2.69. The molecule has 2 rings (SSSR count). The molecule has 1 unspecified atom stereocenters. The van der Waals surface area contributed by atoms with Gasteiger partial charge in [0.15, 0.2) is 10.8 Å². The first-order valence-corrected chi connectivity index (χ1v) is 8.14. The molecule has 0 aromatic heterocycles. The molecule has 0 saturated heterocycles. The maximum absolute atomic E-state index is 12.5. The summed E-state index contributed by atoms with van der Waals surface area (Å²) in [6.45, 7) is 1.34. The Morgan fingerprint density at radius 2 is 1.69 bits per heavy atom. The standard InChI is InChI=1S/C15H12F3N3O4S/c1-9(22)19-10-2-4-11(5-3-10)20-13-7-6-12(8-14(13)21(23)24)26(25)15(16,17)18/h2-8,20H,1H3,(H,19,22). The highest BCUT2D eigenvalue weighted by atomic mass is 32.2. The summed E-state index contributed by atoms with van der Waals surface area (Å²) in [4.78, 5) is 20.5. The van der Waals surface area contributed by atoms with Gasteiger partial charge in [-0.1, -0.05) is 0 Å². The Bertz CT molecular complexity index is 869. The fourth-order valence-electron chi connectivity index (χ4n) is 2.01. The Morgan fingerprint density at radius 3 is 2.19 bits per heavy atom. The number of hydrogen-bond acceptors (Lipinski definition) is 5. The van der Waals surface area contributed by atoms with E-state index in [0.29, 0.717) is 17.4 Å². The lowest BCUT2D eigenvalue weighted by molar-refractivity contribution is -0.384. The van der Waals surface area contributed by atoms with Crippen LogP contribution in [0.3, 0.4) is 0 Å². The molecule has 0 fully saturated rings. The third-order valence-electron chi connectivity index (χ3n) is 3.07. The van der Waals surface area contributed by atoms with Crippen molar-refractivity contribution in [2.24, 2.45) is 0 Å². The summed E-state index contributed by atoms with van der Waals surface area (Å²) < 4.78 is 48.9. The molecule has 0 radical (unpaired) electrons. The molecule has 2 N–H and O–H groups in total. The fraction of sp³-hybridized carbons (Fsp3) is 0.133. The monoisotopic (exact) mass is 387 g/mol. The molecule has 0 bridgehead atoms. The highest BCUT2D eigenvalue weighted by molar-refractivity contribution is 7.86. The van der Waals surface area contributed by atoms with Crippen LogP contribution < -0.4 is 10.6 Å². The number of nitrogens with zero attached hydrogens (tertiary/aromatic N) is 1. The number of alkyl halides is 3. The van der Waals surface area contributed by atoms with E-state index in [1.807, 2.05) is 0 Å². The zero-order valence-electron chi connectivity index (χ0n) is 13.2. The van der Waals surface area contributed by atoms with Gasteiger partial charge in [-0.2, -0.15) is 13.2 Å². The molecule has 138 valence electrons. The number of anilines is 3.